The predicted molar refractivity (Wildman–Crippen MR) is 97.3 cm³/mol. The number of hydrogen-bond donors (Lipinski definition) is 0. The molecule has 0 saturated carbocycles. The van der Waals surface area contributed by atoms with E-state index in [1.807, 2.05) is 11.0 Å². The van der Waals surface area contributed by atoms with Gasteiger partial charge in [-0.1, -0.05) is 18.5 Å². The summed E-state index contributed by atoms with van der Waals surface area (Å²) in [6.07, 6.45) is 2.04. The molecule has 0 spiro atoms. The van der Waals surface area contributed by atoms with Crippen molar-refractivity contribution in [3.8, 4) is 0 Å². The molecule has 3 heterocycles. The number of piperidine rings is 1. The zero-order valence-corrected chi connectivity index (χ0v) is 15.0. The van der Waals surface area contributed by atoms with E-state index in [-0.39, 0.29) is 18.5 Å². The number of fused-ring (bicyclic) bond motifs is 3. The number of carbonyl (C=O) groups is 2. The molecule has 132 valence electrons. The van der Waals surface area contributed by atoms with E-state index in [9.17, 15) is 9.59 Å². The van der Waals surface area contributed by atoms with E-state index in [2.05, 4.69) is 11.9 Å². The molecule has 0 unspecified atom stereocenters. The number of carbonyl (C=O) groups excluding carboxylic acids is 2. The molecule has 3 aliphatic rings. The highest BCUT2D eigenvalue weighted by Gasteiger charge is 2.38. The lowest BCUT2D eigenvalue weighted by Crippen LogP contribution is -2.53. The van der Waals surface area contributed by atoms with Gasteiger partial charge in [-0.25, -0.2) is 4.79 Å². The van der Waals surface area contributed by atoms with Crippen molar-refractivity contribution < 1.29 is 9.59 Å². The van der Waals surface area contributed by atoms with Crippen molar-refractivity contribution in [3.05, 3.63) is 28.8 Å². The average molecular weight is 361 g/mol. The van der Waals surface area contributed by atoms with Gasteiger partial charge in [0.1, 0.15) is 12.4 Å². The van der Waals surface area contributed by atoms with Gasteiger partial charge in [-0.05, 0) is 37.0 Å². The second-order valence-electron chi connectivity index (χ2n) is 6.95. The third-order valence-electron chi connectivity index (χ3n) is 5.22. The Hall–Kier alpha value is -2.08. The van der Waals surface area contributed by atoms with Crippen molar-refractivity contribution in [2.45, 2.75) is 19.8 Å². The van der Waals surface area contributed by atoms with Gasteiger partial charge < -0.3 is 4.90 Å². The van der Waals surface area contributed by atoms with Crippen molar-refractivity contribution in [1.29, 1.82) is 0 Å². The zero-order chi connectivity index (χ0) is 17.6. The van der Waals surface area contributed by atoms with Gasteiger partial charge in [-0.2, -0.15) is 0 Å². The van der Waals surface area contributed by atoms with Gasteiger partial charge in [0.25, 0.3) is 0 Å². The van der Waals surface area contributed by atoms with Crippen LogP contribution >= 0.6 is 11.6 Å². The summed E-state index contributed by atoms with van der Waals surface area (Å²) in [6.45, 7) is 4.94. The highest BCUT2D eigenvalue weighted by Crippen LogP contribution is 2.33. The van der Waals surface area contributed by atoms with E-state index >= 15 is 0 Å². The third-order valence-corrected chi connectivity index (χ3v) is 5.46. The number of benzene rings is 1. The molecule has 0 bridgehead atoms. The molecule has 3 amide bonds. The first-order chi connectivity index (χ1) is 12.0. The summed E-state index contributed by atoms with van der Waals surface area (Å²) in [5, 5.41) is 0.544. The van der Waals surface area contributed by atoms with E-state index in [1.54, 1.807) is 21.9 Å². The van der Waals surface area contributed by atoms with Crippen LogP contribution in [0.4, 0.5) is 10.5 Å². The molecular formula is C18H21ClN4O2. The smallest absolute Gasteiger partial charge is 0.330 e. The molecule has 0 radical (unpaired) electrons. The number of amidine groups is 1. The molecule has 1 saturated heterocycles. The van der Waals surface area contributed by atoms with Crippen LogP contribution in [0.3, 0.4) is 0 Å². The molecule has 1 aromatic carbocycles. The molecule has 25 heavy (non-hydrogen) atoms. The average Bonchev–Trinajstić information content (AvgIpc) is 3.09. The van der Waals surface area contributed by atoms with Crippen LogP contribution in [0, 0.1) is 5.92 Å². The van der Waals surface area contributed by atoms with Crippen molar-refractivity contribution in [2.75, 3.05) is 37.6 Å². The maximum Gasteiger partial charge on any atom is 0.330 e. The summed E-state index contributed by atoms with van der Waals surface area (Å²) in [5.41, 5.74) is 1.54. The molecular weight excluding hydrogens is 340 g/mol. The van der Waals surface area contributed by atoms with E-state index in [0.29, 0.717) is 35.6 Å². The van der Waals surface area contributed by atoms with Crippen LogP contribution in [-0.4, -0.2) is 60.3 Å². The normalized spacial score (nSPS) is 20.5. The number of likely N-dealkylation sites (tertiary alicyclic amines) is 1. The second kappa shape index (κ2) is 6.33. The van der Waals surface area contributed by atoms with Crippen LogP contribution in [0.5, 0.6) is 0 Å². The number of urea groups is 1. The fourth-order valence-corrected chi connectivity index (χ4v) is 3.84. The van der Waals surface area contributed by atoms with Crippen molar-refractivity contribution in [2.24, 2.45) is 10.9 Å². The fourth-order valence-electron chi connectivity index (χ4n) is 3.68. The lowest BCUT2D eigenvalue weighted by molar-refractivity contribution is -0.130. The van der Waals surface area contributed by atoms with Crippen molar-refractivity contribution in [1.82, 2.24) is 9.80 Å². The maximum atomic E-state index is 12.9. The quantitative estimate of drug-likeness (QED) is 0.814. The molecule has 3 aliphatic heterocycles. The summed E-state index contributed by atoms with van der Waals surface area (Å²) >= 11 is 6.15. The lowest BCUT2D eigenvalue weighted by Gasteiger charge is -2.37. The number of amides is 3. The Labute approximate surface area is 152 Å². The third kappa shape index (κ3) is 2.88. The first-order valence-electron chi connectivity index (χ1n) is 8.76. The number of hydrogen-bond acceptors (Lipinski definition) is 3. The van der Waals surface area contributed by atoms with Crippen molar-refractivity contribution in [3.63, 3.8) is 0 Å². The minimum atomic E-state index is -0.190. The topological polar surface area (TPSA) is 56.2 Å². The van der Waals surface area contributed by atoms with Crippen LogP contribution in [0.15, 0.2) is 23.2 Å². The number of rotatable bonds is 2. The SMILES string of the molecule is CC1CCN(C(=O)CN2C(=O)N3CCN=C3c3ccc(Cl)cc32)CC1. The predicted octanol–water partition coefficient (Wildman–Crippen LogP) is 2.60. The number of halogens is 1. The van der Waals surface area contributed by atoms with Crippen molar-refractivity contribution >= 4 is 35.1 Å². The Morgan fingerprint density at radius 3 is 2.80 bits per heavy atom. The summed E-state index contributed by atoms with van der Waals surface area (Å²) in [5.74, 6) is 1.33. The van der Waals surface area contributed by atoms with E-state index in [0.717, 1.165) is 31.5 Å². The first-order valence-corrected chi connectivity index (χ1v) is 9.13. The zero-order valence-electron chi connectivity index (χ0n) is 14.2. The minimum absolute atomic E-state index is 0.00855. The van der Waals surface area contributed by atoms with Gasteiger partial charge in [0.2, 0.25) is 5.91 Å². The Morgan fingerprint density at radius 1 is 1.28 bits per heavy atom. The summed E-state index contributed by atoms with van der Waals surface area (Å²) in [7, 11) is 0. The van der Waals surface area contributed by atoms with Crippen LogP contribution in [0.1, 0.15) is 25.3 Å². The summed E-state index contributed by atoms with van der Waals surface area (Å²) in [4.78, 5) is 35.2. The summed E-state index contributed by atoms with van der Waals surface area (Å²) < 4.78 is 0. The van der Waals surface area contributed by atoms with Crippen LogP contribution in [0.2, 0.25) is 5.02 Å². The highest BCUT2D eigenvalue weighted by molar-refractivity contribution is 6.31. The van der Waals surface area contributed by atoms with Gasteiger partial charge in [-0.15, -0.1) is 0 Å². The lowest BCUT2D eigenvalue weighted by atomic mass is 9.99. The fraction of sp³-hybridized carbons (Fsp3) is 0.500. The number of aliphatic imine (C=N–C) groups is 1. The maximum absolute atomic E-state index is 12.9. The van der Waals surface area contributed by atoms with Gasteiger partial charge >= 0.3 is 6.03 Å². The standard InChI is InChI=1S/C18H21ClN4O2/c1-12-4-7-21(8-5-12)16(24)11-23-15-10-13(19)2-3-14(15)17-20-6-9-22(17)18(23)25/h2-3,10,12H,4-9,11H2,1H3. The highest BCUT2D eigenvalue weighted by atomic mass is 35.5. The molecule has 1 aromatic rings. The Balaban J connectivity index is 1.62. The van der Waals surface area contributed by atoms with E-state index in [1.165, 1.54) is 0 Å². The molecule has 6 nitrogen and oxygen atoms in total. The molecule has 7 heteroatoms. The molecule has 4 rings (SSSR count). The van der Waals surface area contributed by atoms with E-state index in [4.69, 9.17) is 11.6 Å². The first kappa shape index (κ1) is 16.4. The number of anilines is 1. The van der Waals surface area contributed by atoms with Gasteiger partial charge in [0.15, 0.2) is 0 Å². The van der Waals surface area contributed by atoms with Gasteiger partial charge in [0.05, 0.1) is 12.2 Å². The number of nitrogens with zero attached hydrogens (tertiary/aromatic N) is 4. The molecule has 0 N–H and O–H groups in total. The molecule has 1 fully saturated rings. The van der Waals surface area contributed by atoms with E-state index < -0.39 is 0 Å². The minimum Gasteiger partial charge on any atom is -0.341 e. The Morgan fingerprint density at radius 2 is 2.04 bits per heavy atom. The molecule has 0 atom stereocenters. The van der Waals surface area contributed by atoms with Crippen LogP contribution in [0.25, 0.3) is 0 Å². The summed E-state index contributed by atoms with van der Waals surface area (Å²) in [6, 6.07) is 5.23. The molecule has 0 aromatic heterocycles. The Kier molecular flexibility index (Phi) is 4.15. The molecule has 0 aliphatic carbocycles. The van der Waals surface area contributed by atoms with Gasteiger partial charge in [0, 0.05) is 30.2 Å². The second-order valence-corrected chi connectivity index (χ2v) is 7.39. The van der Waals surface area contributed by atoms with Gasteiger partial charge in [-0.3, -0.25) is 19.6 Å². The van der Waals surface area contributed by atoms with Crippen LogP contribution < -0.4 is 4.90 Å². The monoisotopic (exact) mass is 360 g/mol. The Bertz CT molecular complexity index is 755. The largest absolute Gasteiger partial charge is 0.341 e. The van der Waals surface area contributed by atoms with Crippen LogP contribution in [-0.2, 0) is 4.79 Å².